The molecule has 1 heterocycles. The maximum absolute atomic E-state index is 10.9. The van der Waals surface area contributed by atoms with Gasteiger partial charge in [0.15, 0.2) is 0 Å². The number of carbonyl (C=O) groups excluding carboxylic acids is 1. The summed E-state index contributed by atoms with van der Waals surface area (Å²) in [6, 6.07) is 0.634. The highest BCUT2D eigenvalue weighted by Gasteiger charge is 2.33. The van der Waals surface area contributed by atoms with E-state index in [9.17, 15) is 4.79 Å². The molecule has 16 heavy (non-hydrogen) atoms. The number of ether oxygens (including phenoxy) is 1. The second-order valence-electron chi connectivity index (χ2n) is 5.10. The van der Waals surface area contributed by atoms with Crippen LogP contribution < -0.4 is 0 Å². The summed E-state index contributed by atoms with van der Waals surface area (Å²) in [6.07, 6.45) is 7.39. The number of hydrogen-bond acceptors (Lipinski definition) is 3. The summed E-state index contributed by atoms with van der Waals surface area (Å²) >= 11 is 0. The van der Waals surface area contributed by atoms with Crippen molar-refractivity contribution in [1.82, 2.24) is 4.90 Å². The summed E-state index contributed by atoms with van der Waals surface area (Å²) in [5.41, 5.74) is 0. The van der Waals surface area contributed by atoms with Gasteiger partial charge in [0, 0.05) is 19.0 Å². The number of carbonyl (C=O) groups is 1. The molecular formula is C13H23NO2. The van der Waals surface area contributed by atoms with Crippen molar-refractivity contribution in [2.24, 2.45) is 0 Å². The van der Waals surface area contributed by atoms with Gasteiger partial charge in [-0.25, -0.2) is 0 Å². The van der Waals surface area contributed by atoms with Gasteiger partial charge in [-0.15, -0.1) is 0 Å². The van der Waals surface area contributed by atoms with Crippen LogP contribution >= 0.6 is 0 Å². The Morgan fingerprint density at radius 1 is 1.38 bits per heavy atom. The summed E-state index contributed by atoms with van der Waals surface area (Å²) in [7, 11) is 0. The zero-order chi connectivity index (χ0) is 11.4. The van der Waals surface area contributed by atoms with Crippen LogP contribution in [0.2, 0.25) is 0 Å². The van der Waals surface area contributed by atoms with Crippen LogP contribution in [0, 0.1) is 0 Å². The minimum atomic E-state index is 0.313. The van der Waals surface area contributed by atoms with Crippen LogP contribution in [-0.2, 0) is 9.53 Å². The van der Waals surface area contributed by atoms with E-state index in [1.165, 1.54) is 25.7 Å². The smallest absolute Gasteiger partial charge is 0.129 e. The lowest BCUT2D eigenvalue weighted by molar-refractivity contribution is -0.117. The van der Waals surface area contributed by atoms with Gasteiger partial charge in [-0.1, -0.05) is 12.8 Å². The molecule has 3 nitrogen and oxygen atoms in total. The highest BCUT2D eigenvalue weighted by molar-refractivity contribution is 5.75. The molecule has 0 aromatic rings. The quantitative estimate of drug-likeness (QED) is 0.733. The summed E-state index contributed by atoms with van der Waals surface area (Å²) in [5, 5.41) is 0. The van der Waals surface area contributed by atoms with E-state index in [0.29, 0.717) is 17.9 Å². The van der Waals surface area contributed by atoms with Crippen LogP contribution in [0.3, 0.4) is 0 Å². The van der Waals surface area contributed by atoms with E-state index in [1.54, 1.807) is 6.92 Å². The third kappa shape index (κ3) is 3.05. The van der Waals surface area contributed by atoms with E-state index in [4.69, 9.17) is 4.74 Å². The number of rotatable bonds is 4. The van der Waals surface area contributed by atoms with Crippen LogP contribution in [0.1, 0.15) is 45.4 Å². The number of Topliss-reactive ketones (excluding diaryl/α,β-unsaturated/α-hetero) is 1. The van der Waals surface area contributed by atoms with Crippen LogP contribution in [-0.4, -0.2) is 42.5 Å². The summed E-state index contributed by atoms with van der Waals surface area (Å²) in [5.74, 6) is 0.313. The van der Waals surface area contributed by atoms with Gasteiger partial charge in [-0.3, -0.25) is 4.90 Å². The van der Waals surface area contributed by atoms with Gasteiger partial charge < -0.3 is 9.53 Å². The molecule has 1 saturated carbocycles. The van der Waals surface area contributed by atoms with E-state index < -0.39 is 0 Å². The summed E-state index contributed by atoms with van der Waals surface area (Å²) in [6.45, 7) is 4.69. The lowest BCUT2D eigenvalue weighted by Crippen LogP contribution is -2.52. The molecule has 2 fully saturated rings. The molecule has 92 valence electrons. The summed E-state index contributed by atoms with van der Waals surface area (Å²) in [4.78, 5) is 13.5. The SMILES string of the molecule is CC(=O)CCCN1CCOC2CCCCC21. The monoisotopic (exact) mass is 225 g/mol. The zero-order valence-electron chi connectivity index (χ0n) is 10.3. The van der Waals surface area contributed by atoms with Crippen LogP contribution in [0.15, 0.2) is 0 Å². The van der Waals surface area contributed by atoms with Crippen molar-refractivity contribution < 1.29 is 9.53 Å². The topological polar surface area (TPSA) is 29.5 Å². The highest BCUT2D eigenvalue weighted by atomic mass is 16.5. The first-order valence-electron chi connectivity index (χ1n) is 6.62. The second kappa shape index (κ2) is 5.78. The predicted molar refractivity (Wildman–Crippen MR) is 63.5 cm³/mol. The molecule has 0 bridgehead atoms. The van der Waals surface area contributed by atoms with Crippen molar-refractivity contribution in [1.29, 1.82) is 0 Å². The van der Waals surface area contributed by atoms with Crippen LogP contribution in [0.25, 0.3) is 0 Å². The van der Waals surface area contributed by atoms with Crippen molar-refractivity contribution in [3.05, 3.63) is 0 Å². The number of ketones is 1. The molecule has 2 unspecified atom stereocenters. The normalized spacial score (nSPS) is 31.1. The number of hydrogen-bond donors (Lipinski definition) is 0. The Morgan fingerprint density at radius 2 is 2.19 bits per heavy atom. The van der Waals surface area contributed by atoms with Crippen molar-refractivity contribution in [3.63, 3.8) is 0 Å². The molecule has 0 aromatic heterocycles. The predicted octanol–water partition coefficient (Wildman–Crippen LogP) is 2.00. The Bertz CT molecular complexity index is 240. The molecule has 0 aromatic carbocycles. The second-order valence-corrected chi connectivity index (χ2v) is 5.10. The van der Waals surface area contributed by atoms with Crippen molar-refractivity contribution >= 4 is 5.78 Å². The van der Waals surface area contributed by atoms with Crippen molar-refractivity contribution in [3.8, 4) is 0 Å². The van der Waals surface area contributed by atoms with Gasteiger partial charge >= 0.3 is 0 Å². The summed E-state index contributed by atoms with van der Waals surface area (Å²) < 4.78 is 5.83. The van der Waals surface area contributed by atoms with E-state index in [-0.39, 0.29) is 0 Å². The van der Waals surface area contributed by atoms with Gasteiger partial charge in [0.05, 0.1) is 12.7 Å². The number of fused-ring (bicyclic) bond motifs is 1. The number of morpholine rings is 1. The molecule has 2 rings (SSSR count). The van der Waals surface area contributed by atoms with Gasteiger partial charge in [-0.2, -0.15) is 0 Å². The molecule has 0 N–H and O–H groups in total. The first kappa shape index (κ1) is 12.1. The third-order valence-electron chi connectivity index (χ3n) is 3.82. The maximum Gasteiger partial charge on any atom is 0.129 e. The zero-order valence-corrected chi connectivity index (χ0v) is 10.3. The largest absolute Gasteiger partial charge is 0.375 e. The van der Waals surface area contributed by atoms with Crippen LogP contribution in [0.4, 0.5) is 0 Å². The minimum absolute atomic E-state index is 0.313. The molecule has 1 saturated heterocycles. The Labute approximate surface area is 98.1 Å². The standard InChI is InChI=1S/C13H23NO2/c1-11(15)5-4-8-14-9-10-16-13-7-3-2-6-12(13)14/h12-13H,2-10H2,1H3. The minimum Gasteiger partial charge on any atom is -0.375 e. The fourth-order valence-electron chi connectivity index (χ4n) is 2.99. The molecule has 2 aliphatic rings. The molecular weight excluding hydrogens is 202 g/mol. The maximum atomic E-state index is 10.9. The van der Waals surface area contributed by atoms with Crippen molar-refractivity contribution in [2.75, 3.05) is 19.7 Å². The van der Waals surface area contributed by atoms with E-state index in [1.807, 2.05) is 0 Å². The van der Waals surface area contributed by atoms with E-state index >= 15 is 0 Å². The Morgan fingerprint density at radius 3 is 3.00 bits per heavy atom. The third-order valence-corrected chi connectivity index (χ3v) is 3.82. The Balaban J connectivity index is 1.80. The fourth-order valence-corrected chi connectivity index (χ4v) is 2.99. The molecule has 2 atom stereocenters. The molecule has 3 heteroatoms. The molecule has 0 radical (unpaired) electrons. The first-order chi connectivity index (χ1) is 7.77. The van der Waals surface area contributed by atoms with Gasteiger partial charge in [0.1, 0.15) is 5.78 Å². The van der Waals surface area contributed by atoms with Gasteiger partial charge in [0.2, 0.25) is 0 Å². The highest BCUT2D eigenvalue weighted by Crippen LogP contribution is 2.28. The Hall–Kier alpha value is -0.410. The fraction of sp³-hybridized carbons (Fsp3) is 0.923. The van der Waals surface area contributed by atoms with Crippen molar-refractivity contribution in [2.45, 2.75) is 57.6 Å². The number of nitrogens with zero attached hydrogens (tertiary/aromatic N) is 1. The lowest BCUT2D eigenvalue weighted by atomic mass is 9.90. The first-order valence-corrected chi connectivity index (χ1v) is 6.62. The average Bonchev–Trinajstić information content (AvgIpc) is 2.29. The molecule has 1 aliphatic heterocycles. The van der Waals surface area contributed by atoms with Gasteiger partial charge in [-0.05, 0) is 32.7 Å². The molecule has 0 amide bonds. The van der Waals surface area contributed by atoms with E-state index in [2.05, 4.69) is 4.90 Å². The van der Waals surface area contributed by atoms with E-state index in [0.717, 1.165) is 32.5 Å². The molecule has 1 aliphatic carbocycles. The lowest BCUT2D eigenvalue weighted by Gasteiger charge is -2.43. The van der Waals surface area contributed by atoms with Gasteiger partial charge in [0.25, 0.3) is 0 Å². The Kier molecular flexibility index (Phi) is 4.36. The molecule has 0 spiro atoms. The average molecular weight is 225 g/mol. The van der Waals surface area contributed by atoms with Crippen LogP contribution in [0.5, 0.6) is 0 Å².